The molecule has 0 aliphatic carbocycles. The molecule has 0 unspecified atom stereocenters. The molecular weight excluding hydrogens is 369 g/mol. The van der Waals surface area contributed by atoms with Crippen LogP contribution in [0.5, 0.6) is 0 Å². The first-order valence-corrected chi connectivity index (χ1v) is 8.54. The Bertz CT molecular complexity index is 1040. The normalized spacial score (nSPS) is 11.5. The number of aromatic nitrogens is 3. The number of rotatable bonds is 3. The zero-order valence-electron chi connectivity index (χ0n) is 15.8. The summed E-state index contributed by atoms with van der Waals surface area (Å²) in [6.07, 6.45) is -4.42. The molecule has 0 aliphatic rings. The van der Waals surface area contributed by atoms with E-state index in [0.717, 1.165) is 29.1 Å². The van der Waals surface area contributed by atoms with E-state index >= 15 is 0 Å². The Morgan fingerprint density at radius 3 is 2.21 bits per heavy atom. The summed E-state index contributed by atoms with van der Waals surface area (Å²) in [5.74, 6) is -0.488. The molecule has 0 atom stereocenters. The molecule has 1 amide bonds. The lowest BCUT2D eigenvalue weighted by molar-refractivity contribution is -0.137. The highest BCUT2D eigenvalue weighted by atomic mass is 19.4. The summed E-state index contributed by atoms with van der Waals surface area (Å²) < 4.78 is 39.7. The van der Waals surface area contributed by atoms with E-state index in [2.05, 4.69) is 15.4 Å². The predicted octanol–water partition coefficient (Wildman–Crippen LogP) is 4.68. The van der Waals surface area contributed by atoms with Crippen molar-refractivity contribution in [1.29, 1.82) is 0 Å². The van der Waals surface area contributed by atoms with Crippen molar-refractivity contribution in [2.24, 2.45) is 7.05 Å². The van der Waals surface area contributed by atoms with Crippen LogP contribution in [0.1, 0.15) is 33.0 Å². The number of aryl methyl sites for hydroxylation is 3. The van der Waals surface area contributed by atoms with E-state index in [1.165, 1.54) is 12.1 Å². The van der Waals surface area contributed by atoms with Crippen LogP contribution in [0.2, 0.25) is 0 Å². The summed E-state index contributed by atoms with van der Waals surface area (Å²) in [6.45, 7) is 5.53. The molecule has 0 fully saturated rings. The van der Waals surface area contributed by atoms with Gasteiger partial charge < -0.3 is 5.32 Å². The molecule has 2 heterocycles. The molecule has 5 nitrogen and oxygen atoms in total. The summed E-state index contributed by atoms with van der Waals surface area (Å²) in [6, 6.07) is 7.89. The van der Waals surface area contributed by atoms with Gasteiger partial charge in [0, 0.05) is 24.0 Å². The Balaban J connectivity index is 1.90. The Morgan fingerprint density at radius 2 is 1.68 bits per heavy atom. The number of hydrogen-bond acceptors (Lipinski definition) is 3. The van der Waals surface area contributed by atoms with E-state index in [0.29, 0.717) is 11.3 Å². The largest absolute Gasteiger partial charge is 0.416 e. The minimum Gasteiger partial charge on any atom is -0.321 e. The maximum absolute atomic E-state index is 12.7. The van der Waals surface area contributed by atoms with Crippen LogP contribution in [0.15, 0.2) is 36.4 Å². The third-order valence-corrected chi connectivity index (χ3v) is 4.55. The number of nitrogens with one attached hydrogen (secondary N) is 1. The van der Waals surface area contributed by atoms with Crippen LogP contribution in [0.3, 0.4) is 0 Å². The van der Waals surface area contributed by atoms with Crippen molar-refractivity contribution in [2.45, 2.75) is 26.9 Å². The SMILES string of the molecule is Cc1ccc(-c2c(C)nn(C)c2C)nc1C(=O)Nc1ccc(C(F)(F)F)cc1. The highest BCUT2D eigenvalue weighted by Gasteiger charge is 2.30. The summed E-state index contributed by atoms with van der Waals surface area (Å²) in [5, 5.41) is 6.97. The number of halogens is 3. The molecule has 2 aromatic heterocycles. The van der Waals surface area contributed by atoms with Gasteiger partial charge in [-0.25, -0.2) is 4.98 Å². The van der Waals surface area contributed by atoms with E-state index in [4.69, 9.17) is 0 Å². The number of benzene rings is 1. The zero-order valence-corrected chi connectivity index (χ0v) is 15.8. The maximum atomic E-state index is 12.7. The van der Waals surface area contributed by atoms with Crippen molar-refractivity contribution in [3.05, 3.63) is 64.6 Å². The fourth-order valence-electron chi connectivity index (χ4n) is 2.97. The molecule has 1 aromatic carbocycles. The van der Waals surface area contributed by atoms with Crippen molar-refractivity contribution in [3.63, 3.8) is 0 Å². The summed E-state index contributed by atoms with van der Waals surface area (Å²) in [7, 11) is 1.83. The molecule has 0 saturated heterocycles. The molecule has 3 rings (SSSR count). The number of hydrogen-bond donors (Lipinski definition) is 1. The average molecular weight is 388 g/mol. The lowest BCUT2D eigenvalue weighted by Gasteiger charge is -2.11. The van der Waals surface area contributed by atoms with Gasteiger partial charge in [0.15, 0.2) is 0 Å². The third-order valence-electron chi connectivity index (χ3n) is 4.55. The fraction of sp³-hybridized carbons (Fsp3) is 0.250. The second-order valence-corrected chi connectivity index (χ2v) is 6.56. The third kappa shape index (κ3) is 3.76. The molecule has 28 heavy (non-hydrogen) atoms. The van der Waals surface area contributed by atoms with Crippen molar-refractivity contribution in [1.82, 2.24) is 14.8 Å². The van der Waals surface area contributed by atoms with Crippen LogP contribution in [-0.2, 0) is 13.2 Å². The highest BCUT2D eigenvalue weighted by molar-refractivity contribution is 6.04. The number of carbonyl (C=O) groups is 1. The Kier molecular flexibility index (Phi) is 4.97. The first-order chi connectivity index (χ1) is 13.1. The molecule has 146 valence electrons. The molecule has 0 radical (unpaired) electrons. The molecule has 1 N–H and O–H groups in total. The summed E-state index contributed by atoms with van der Waals surface area (Å²) >= 11 is 0. The smallest absolute Gasteiger partial charge is 0.321 e. The number of pyridine rings is 1. The number of amides is 1. The Morgan fingerprint density at radius 1 is 1.04 bits per heavy atom. The lowest BCUT2D eigenvalue weighted by atomic mass is 10.1. The predicted molar refractivity (Wildman–Crippen MR) is 100 cm³/mol. The molecule has 0 saturated carbocycles. The van der Waals surface area contributed by atoms with E-state index in [9.17, 15) is 18.0 Å². The van der Waals surface area contributed by atoms with Crippen molar-refractivity contribution in [2.75, 3.05) is 5.32 Å². The maximum Gasteiger partial charge on any atom is 0.416 e. The van der Waals surface area contributed by atoms with Gasteiger partial charge in [0.1, 0.15) is 5.69 Å². The monoisotopic (exact) mass is 388 g/mol. The van der Waals surface area contributed by atoms with Gasteiger partial charge in [-0.2, -0.15) is 18.3 Å². The van der Waals surface area contributed by atoms with Gasteiger partial charge in [0.2, 0.25) is 0 Å². The first kappa shape index (κ1) is 19.6. The first-order valence-electron chi connectivity index (χ1n) is 8.54. The highest BCUT2D eigenvalue weighted by Crippen LogP contribution is 2.30. The minimum atomic E-state index is -4.42. The van der Waals surface area contributed by atoms with Gasteiger partial charge in [-0.05, 0) is 56.7 Å². The number of nitrogens with zero attached hydrogens (tertiary/aromatic N) is 3. The van der Waals surface area contributed by atoms with Crippen molar-refractivity contribution in [3.8, 4) is 11.3 Å². The van der Waals surface area contributed by atoms with Gasteiger partial charge >= 0.3 is 6.18 Å². The molecule has 0 spiro atoms. The molecule has 0 aliphatic heterocycles. The summed E-state index contributed by atoms with van der Waals surface area (Å²) in [5.41, 5.74) is 3.54. The van der Waals surface area contributed by atoms with Crippen molar-refractivity contribution >= 4 is 11.6 Å². The van der Waals surface area contributed by atoms with Gasteiger partial charge in [0.25, 0.3) is 5.91 Å². The zero-order chi connectivity index (χ0) is 20.6. The molecule has 8 heteroatoms. The topological polar surface area (TPSA) is 59.8 Å². The van der Waals surface area contributed by atoms with Crippen LogP contribution in [0, 0.1) is 20.8 Å². The van der Waals surface area contributed by atoms with Gasteiger partial charge in [-0.1, -0.05) is 6.07 Å². The quantitative estimate of drug-likeness (QED) is 0.709. The second-order valence-electron chi connectivity index (χ2n) is 6.56. The Labute approximate surface area is 160 Å². The standard InChI is InChI=1S/C20H19F3N4O/c1-11-5-10-16(17-12(2)26-27(4)13(17)3)25-18(11)19(28)24-15-8-6-14(7-9-15)20(21,22)23/h5-10H,1-4H3,(H,24,28). The average Bonchev–Trinajstić information content (AvgIpc) is 2.87. The van der Waals surface area contributed by atoms with Gasteiger partial charge in [-0.15, -0.1) is 0 Å². The molecule has 3 aromatic rings. The van der Waals surface area contributed by atoms with Crippen LogP contribution < -0.4 is 5.32 Å². The second kappa shape index (κ2) is 7.10. The number of alkyl halides is 3. The van der Waals surface area contributed by atoms with Gasteiger partial charge in [0.05, 0.1) is 17.0 Å². The number of carbonyl (C=O) groups excluding carboxylic acids is 1. The molecular formula is C20H19F3N4O. The van der Waals surface area contributed by atoms with Crippen LogP contribution in [-0.4, -0.2) is 20.7 Å². The summed E-state index contributed by atoms with van der Waals surface area (Å²) in [4.78, 5) is 17.1. The van der Waals surface area contributed by atoms with E-state index < -0.39 is 17.6 Å². The minimum absolute atomic E-state index is 0.208. The van der Waals surface area contributed by atoms with E-state index in [1.54, 1.807) is 17.7 Å². The van der Waals surface area contributed by atoms with Crippen LogP contribution >= 0.6 is 0 Å². The van der Waals surface area contributed by atoms with E-state index in [-0.39, 0.29) is 11.4 Å². The fourth-order valence-corrected chi connectivity index (χ4v) is 2.97. The lowest BCUT2D eigenvalue weighted by Crippen LogP contribution is -2.16. The Hall–Kier alpha value is -3.16. The van der Waals surface area contributed by atoms with Gasteiger partial charge in [-0.3, -0.25) is 9.48 Å². The van der Waals surface area contributed by atoms with Crippen LogP contribution in [0.25, 0.3) is 11.3 Å². The molecule has 0 bridgehead atoms. The van der Waals surface area contributed by atoms with Crippen LogP contribution in [0.4, 0.5) is 18.9 Å². The van der Waals surface area contributed by atoms with E-state index in [1.807, 2.05) is 27.0 Å². The van der Waals surface area contributed by atoms with Crippen molar-refractivity contribution < 1.29 is 18.0 Å². The number of anilines is 1.